The number of likely N-dealkylation sites (tertiary alicyclic amines) is 1. The van der Waals surface area contributed by atoms with Crippen molar-refractivity contribution in [2.75, 3.05) is 32.1 Å². The molecule has 0 saturated carbocycles. The van der Waals surface area contributed by atoms with Crippen LogP contribution in [0.4, 0.5) is 5.13 Å². The van der Waals surface area contributed by atoms with Gasteiger partial charge in [0, 0.05) is 68.3 Å². The largest absolute Gasteiger partial charge is 0.383 e. The average Bonchev–Trinajstić information content (AvgIpc) is 3.36. The van der Waals surface area contributed by atoms with Crippen LogP contribution in [-0.2, 0) is 16.0 Å². The number of methoxy groups -OCH3 is 1. The minimum Gasteiger partial charge on any atom is -0.383 e. The molecule has 0 bridgehead atoms. The Morgan fingerprint density at radius 2 is 2.26 bits per heavy atom. The highest BCUT2D eigenvalue weighted by Crippen LogP contribution is 2.38. The lowest BCUT2D eigenvalue weighted by Gasteiger charge is -2.27. The van der Waals surface area contributed by atoms with Crippen LogP contribution in [0.5, 0.6) is 0 Å². The first kappa shape index (κ1) is 19.8. The second kappa shape index (κ2) is 8.79. The first-order valence-corrected chi connectivity index (χ1v) is 10.2. The highest BCUT2D eigenvalue weighted by Gasteiger charge is 2.41. The molecule has 9 heteroatoms. The SMILES string of the molecule is CCc1nsc(NC[C@@H]2CC(=O)N(CCOC)[C@H]2c2cnn(C(C)C)c2)n1. The van der Waals surface area contributed by atoms with Crippen LogP contribution in [0.3, 0.4) is 0 Å². The van der Waals surface area contributed by atoms with Crippen molar-refractivity contribution in [3.8, 4) is 0 Å². The molecule has 27 heavy (non-hydrogen) atoms. The van der Waals surface area contributed by atoms with E-state index >= 15 is 0 Å². The molecule has 0 spiro atoms. The van der Waals surface area contributed by atoms with Crippen LogP contribution >= 0.6 is 11.5 Å². The lowest BCUT2D eigenvalue weighted by Crippen LogP contribution is -2.33. The molecule has 148 valence electrons. The van der Waals surface area contributed by atoms with Gasteiger partial charge in [-0.15, -0.1) is 0 Å². The Morgan fingerprint density at radius 3 is 2.89 bits per heavy atom. The van der Waals surface area contributed by atoms with E-state index < -0.39 is 0 Å². The van der Waals surface area contributed by atoms with Gasteiger partial charge in [0.1, 0.15) is 5.82 Å². The monoisotopic (exact) mass is 392 g/mol. The van der Waals surface area contributed by atoms with Crippen molar-refractivity contribution in [1.29, 1.82) is 0 Å². The summed E-state index contributed by atoms with van der Waals surface area (Å²) < 4.78 is 11.5. The first-order chi connectivity index (χ1) is 13.0. The van der Waals surface area contributed by atoms with Gasteiger partial charge in [0.15, 0.2) is 0 Å². The first-order valence-electron chi connectivity index (χ1n) is 9.42. The van der Waals surface area contributed by atoms with Crippen molar-refractivity contribution in [2.45, 2.75) is 45.7 Å². The van der Waals surface area contributed by atoms with Crippen LogP contribution in [0.15, 0.2) is 12.4 Å². The molecule has 1 aliphatic heterocycles. The summed E-state index contributed by atoms with van der Waals surface area (Å²) in [4.78, 5) is 19.1. The van der Waals surface area contributed by atoms with E-state index in [1.165, 1.54) is 11.5 Å². The van der Waals surface area contributed by atoms with Crippen LogP contribution < -0.4 is 5.32 Å². The van der Waals surface area contributed by atoms with Gasteiger partial charge >= 0.3 is 0 Å². The van der Waals surface area contributed by atoms with Crippen molar-refractivity contribution in [3.05, 3.63) is 23.8 Å². The number of aryl methyl sites for hydroxylation is 1. The molecule has 1 fully saturated rings. The number of aromatic nitrogens is 4. The van der Waals surface area contributed by atoms with Gasteiger partial charge in [-0.2, -0.15) is 9.47 Å². The third-order valence-corrected chi connectivity index (χ3v) is 5.58. The van der Waals surface area contributed by atoms with Gasteiger partial charge in [-0.05, 0) is 13.8 Å². The number of anilines is 1. The molecule has 2 aromatic rings. The highest BCUT2D eigenvalue weighted by atomic mass is 32.1. The molecule has 3 heterocycles. The van der Waals surface area contributed by atoms with Crippen molar-refractivity contribution in [2.24, 2.45) is 5.92 Å². The number of hydrogen-bond donors (Lipinski definition) is 1. The summed E-state index contributed by atoms with van der Waals surface area (Å²) in [6.07, 6.45) is 5.27. The van der Waals surface area contributed by atoms with Crippen LogP contribution in [0.25, 0.3) is 0 Å². The van der Waals surface area contributed by atoms with Crippen molar-refractivity contribution in [3.63, 3.8) is 0 Å². The second-order valence-electron chi connectivity index (χ2n) is 7.09. The van der Waals surface area contributed by atoms with Crippen LogP contribution in [0.2, 0.25) is 0 Å². The van der Waals surface area contributed by atoms with Gasteiger partial charge in [0.25, 0.3) is 0 Å². The van der Waals surface area contributed by atoms with E-state index in [1.54, 1.807) is 7.11 Å². The van der Waals surface area contributed by atoms with Crippen LogP contribution in [-0.4, -0.2) is 56.8 Å². The van der Waals surface area contributed by atoms with Gasteiger partial charge in [0.05, 0.1) is 18.8 Å². The third-order valence-electron chi connectivity index (χ3n) is 4.87. The van der Waals surface area contributed by atoms with Crippen LogP contribution in [0, 0.1) is 5.92 Å². The molecule has 1 N–H and O–H groups in total. The maximum atomic E-state index is 12.7. The predicted octanol–water partition coefficient (Wildman–Crippen LogP) is 2.53. The summed E-state index contributed by atoms with van der Waals surface area (Å²) in [6.45, 7) is 8.01. The van der Waals surface area contributed by atoms with Gasteiger partial charge in [0.2, 0.25) is 11.0 Å². The number of carbonyl (C=O) groups is 1. The Hall–Kier alpha value is -2.00. The molecule has 1 amide bonds. The third kappa shape index (κ3) is 4.47. The fourth-order valence-corrected chi connectivity index (χ4v) is 4.08. The lowest BCUT2D eigenvalue weighted by atomic mass is 9.95. The minimum atomic E-state index is -0.00813. The molecular weight excluding hydrogens is 364 g/mol. The maximum absolute atomic E-state index is 12.7. The normalized spacial score (nSPS) is 20.0. The molecule has 8 nitrogen and oxygen atoms in total. The Balaban J connectivity index is 1.77. The van der Waals surface area contributed by atoms with Crippen molar-refractivity contribution < 1.29 is 9.53 Å². The van der Waals surface area contributed by atoms with E-state index in [-0.39, 0.29) is 23.9 Å². The quantitative estimate of drug-likeness (QED) is 0.706. The summed E-state index contributed by atoms with van der Waals surface area (Å²) in [5, 5.41) is 8.66. The van der Waals surface area contributed by atoms with Gasteiger partial charge < -0.3 is 15.0 Å². The fraction of sp³-hybridized carbons (Fsp3) is 0.667. The van der Waals surface area contributed by atoms with E-state index in [1.807, 2.05) is 22.7 Å². The number of nitrogens with zero attached hydrogens (tertiary/aromatic N) is 5. The molecular formula is C18H28N6O2S. The van der Waals surface area contributed by atoms with E-state index in [0.717, 1.165) is 22.9 Å². The number of ether oxygens (including phenoxy) is 1. The Bertz CT molecular complexity index is 759. The zero-order chi connectivity index (χ0) is 19.4. The molecule has 1 saturated heterocycles. The molecule has 2 atom stereocenters. The number of nitrogens with one attached hydrogen (secondary N) is 1. The predicted molar refractivity (Wildman–Crippen MR) is 105 cm³/mol. The fourth-order valence-electron chi connectivity index (χ4n) is 3.43. The molecule has 0 aliphatic carbocycles. The molecule has 3 rings (SSSR count). The number of amides is 1. The lowest BCUT2D eigenvalue weighted by molar-refractivity contribution is -0.129. The Labute approximate surface area is 164 Å². The van der Waals surface area contributed by atoms with Gasteiger partial charge in [-0.3, -0.25) is 9.48 Å². The van der Waals surface area contributed by atoms with Gasteiger partial charge in [-0.25, -0.2) is 4.98 Å². The minimum absolute atomic E-state index is 0.00813. The smallest absolute Gasteiger partial charge is 0.223 e. The summed E-state index contributed by atoms with van der Waals surface area (Å²) in [7, 11) is 1.66. The molecule has 1 aliphatic rings. The summed E-state index contributed by atoms with van der Waals surface area (Å²) in [6, 6.07) is 0.278. The zero-order valence-corrected chi connectivity index (χ0v) is 17.2. The van der Waals surface area contributed by atoms with Gasteiger partial charge in [-0.1, -0.05) is 6.92 Å². The van der Waals surface area contributed by atoms with E-state index in [2.05, 4.69) is 39.8 Å². The Morgan fingerprint density at radius 1 is 1.44 bits per heavy atom. The zero-order valence-electron chi connectivity index (χ0n) is 16.4. The highest BCUT2D eigenvalue weighted by molar-refractivity contribution is 7.09. The average molecular weight is 393 g/mol. The number of carbonyl (C=O) groups excluding carboxylic acids is 1. The Kier molecular flexibility index (Phi) is 6.43. The van der Waals surface area contributed by atoms with E-state index in [9.17, 15) is 4.79 Å². The summed E-state index contributed by atoms with van der Waals surface area (Å²) in [5.74, 6) is 1.15. The van der Waals surface area contributed by atoms with Crippen molar-refractivity contribution >= 4 is 22.6 Å². The van der Waals surface area contributed by atoms with Crippen LogP contribution in [0.1, 0.15) is 50.7 Å². The molecule has 0 radical (unpaired) electrons. The van der Waals surface area contributed by atoms with E-state index in [0.29, 0.717) is 26.1 Å². The summed E-state index contributed by atoms with van der Waals surface area (Å²) in [5.41, 5.74) is 1.07. The van der Waals surface area contributed by atoms with Crippen molar-refractivity contribution in [1.82, 2.24) is 24.0 Å². The summed E-state index contributed by atoms with van der Waals surface area (Å²) >= 11 is 1.37. The second-order valence-corrected chi connectivity index (χ2v) is 7.84. The molecule has 0 aromatic carbocycles. The molecule has 2 aromatic heterocycles. The number of rotatable bonds is 9. The standard InChI is InChI=1S/C18H28N6O2S/c1-5-15-21-18(27-22-15)19-9-13-8-16(25)23(6-7-26-4)17(13)14-10-20-24(11-14)12(2)3/h10-13,17H,5-9H2,1-4H3,(H,19,21,22)/t13-,17+/m0/s1. The topological polar surface area (TPSA) is 85.2 Å². The molecule has 0 unspecified atom stereocenters. The number of hydrogen-bond acceptors (Lipinski definition) is 7. The maximum Gasteiger partial charge on any atom is 0.223 e. The van der Waals surface area contributed by atoms with E-state index in [4.69, 9.17) is 4.74 Å².